The van der Waals surface area contributed by atoms with Crippen molar-refractivity contribution < 1.29 is 9.18 Å². The summed E-state index contributed by atoms with van der Waals surface area (Å²) in [6.45, 7) is 0. The van der Waals surface area contributed by atoms with Gasteiger partial charge in [-0.2, -0.15) is 0 Å². The Labute approximate surface area is 88.6 Å². The fourth-order valence-corrected chi connectivity index (χ4v) is 1.61. The Kier molecular flexibility index (Phi) is 1.70. The number of carbonyl (C=O) groups excluding carboxylic acids is 1. The van der Waals surface area contributed by atoms with E-state index < -0.39 is 5.82 Å². The lowest BCUT2D eigenvalue weighted by Gasteiger charge is -2.02. The molecule has 2 heterocycles. The third-order valence-electron chi connectivity index (χ3n) is 2.38. The van der Waals surface area contributed by atoms with Gasteiger partial charge in [0.15, 0.2) is 6.29 Å². The maximum atomic E-state index is 13.3. The molecule has 0 aliphatic rings. The van der Waals surface area contributed by atoms with E-state index in [1.165, 1.54) is 24.7 Å². The van der Waals surface area contributed by atoms with Crippen LogP contribution >= 0.6 is 0 Å². The molecule has 0 fully saturated rings. The minimum absolute atomic E-state index is 0.00806. The van der Waals surface area contributed by atoms with Crippen LogP contribution in [-0.2, 0) is 0 Å². The fraction of sp³-hybridized carbons (Fsp3) is 0. The molecule has 0 saturated carbocycles. The minimum atomic E-state index is -0.559. The molecular weight excluding hydrogens is 211 g/mol. The van der Waals surface area contributed by atoms with Crippen LogP contribution in [0.5, 0.6) is 0 Å². The number of aromatic nitrogens is 4. The van der Waals surface area contributed by atoms with E-state index in [0.29, 0.717) is 23.0 Å². The van der Waals surface area contributed by atoms with Crippen LogP contribution in [0.4, 0.5) is 4.39 Å². The van der Waals surface area contributed by atoms with Crippen LogP contribution < -0.4 is 0 Å². The summed E-state index contributed by atoms with van der Waals surface area (Å²) in [4.78, 5) is 14.6. The first kappa shape index (κ1) is 8.90. The van der Waals surface area contributed by atoms with E-state index in [1.54, 1.807) is 4.40 Å². The number of aldehydes is 1. The molecule has 0 spiro atoms. The van der Waals surface area contributed by atoms with Crippen molar-refractivity contribution >= 4 is 23.0 Å². The molecule has 6 heteroatoms. The molecule has 0 amide bonds. The molecule has 0 aliphatic heterocycles. The second-order valence-corrected chi connectivity index (χ2v) is 3.31. The number of hydrogen-bond acceptors (Lipinski definition) is 4. The molecule has 16 heavy (non-hydrogen) atoms. The van der Waals surface area contributed by atoms with Gasteiger partial charge in [0.1, 0.15) is 12.1 Å². The fourth-order valence-electron chi connectivity index (χ4n) is 1.61. The van der Waals surface area contributed by atoms with Gasteiger partial charge < -0.3 is 0 Å². The number of fused-ring (bicyclic) bond motifs is 3. The molecule has 78 valence electrons. The standard InChI is InChI=1S/C10H5FN4O/c11-8-1-6-3-12-10-14-13-5-15(10)9(6)2-7(8)4-16/h1-5H. The zero-order valence-corrected chi connectivity index (χ0v) is 7.96. The van der Waals surface area contributed by atoms with Gasteiger partial charge in [-0.1, -0.05) is 0 Å². The number of hydrogen-bond donors (Lipinski definition) is 0. The van der Waals surface area contributed by atoms with E-state index in [9.17, 15) is 9.18 Å². The summed E-state index contributed by atoms with van der Waals surface area (Å²) in [5.74, 6) is -0.146. The summed E-state index contributed by atoms with van der Waals surface area (Å²) in [7, 11) is 0. The molecule has 0 radical (unpaired) electrons. The van der Waals surface area contributed by atoms with Gasteiger partial charge in [0.2, 0.25) is 0 Å². The van der Waals surface area contributed by atoms with Crippen molar-refractivity contribution in [2.45, 2.75) is 0 Å². The molecule has 0 aliphatic carbocycles. The topological polar surface area (TPSA) is 60.2 Å². The molecule has 5 nitrogen and oxygen atoms in total. The van der Waals surface area contributed by atoms with Crippen molar-refractivity contribution in [2.75, 3.05) is 0 Å². The Morgan fingerprint density at radius 2 is 2.25 bits per heavy atom. The molecule has 0 atom stereocenters. The lowest BCUT2D eigenvalue weighted by molar-refractivity contribution is 0.112. The highest BCUT2D eigenvalue weighted by Gasteiger charge is 2.07. The minimum Gasteiger partial charge on any atom is -0.298 e. The highest BCUT2D eigenvalue weighted by Crippen LogP contribution is 2.18. The number of rotatable bonds is 1. The van der Waals surface area contributed by atoms with Crippen molar-refractivity contribution in [1.29, 1.82) is 0 Å². The summed E-state index contributed by atoms with van der Waals surface area (Å²) >= 11 is 0. The van der Waals surface area contributed by atoms with Crippen LogP contribution in [0, 0.1) is 5.82 Å². The highest BCUT2D eigenvalue weighted by molar-refractivity contribution is 5.87. The average molecular weight is 216 g/mol. The van der Waals surface area contributed by atoms with E-state index in [0.717, 1.165) is 0 Å². The van der Waals surface area contributed by atoms with Gasteiger partial charge in [0.05, 0.1) is 11.1 Å². The third kappa shape index (κ3) is 1.10. The van der Waals surface area contributed by atoms with E-state index in [-0.39, 0.29) is 5.56 Å². The zero-order valence-electron chi connectivity index (χ0n) is 7.96. The molecule has 2 aromatic heterocycles. The van der Waals surface area contributed by atoms with Gasteiger partial charge in [-0.3, -0.25) is 9.20 Å². The van der Waals surface area contributed by atoms with Gasteiger partial charge in [-0.05, 0) is 12.1 Å². The summed E-state index contributed by atoms with van der Waals surface area (Å²) in [6.07, 6.45) is 3.44. The van der Waals surface area contributed by atoms with E-state index in [2.05, 4.69) is 15.2 Å². The van der Waals surface area contributed by atoms with Crippen molar-refractivity contribution in [3.8, 4) is 0 Å². The average Bonchev–Trinajstić information content (AvgIpc) is 2.76. The first-order chi connectivity index (χ1) is 7.79. The maximum Gasteiger partial charge on any atom is 0.255 e. The van der Waals surface area contributed by atoms with Crippen molar-refractivity contribution in [2.24, 2.45) is 0 Å². The largest absolute Gasteiger partial charge is 0.298 e. The Morgan fingerprint density at radius 3 is 3.06 bits per heavy atom. The summed E-state index contributed by atoms with van der Waals surface area (Å²) in [5, 5.41) is 8.06. The summed E-state index contributed by atoms with van der Waals surface area (Å²) < 4.78 is 14.9. The number of nitrogens with zero attached hydrogens (tertiary/aromatic N) is 4. The normalized spacial score (nSPS) is 11.1. The van der Waals surface area contributed by atoms with E-state index in [1.807, 2.05) is 0 Å². The van der Waals surface area contributed by atoms with Crippen LogP contribution in [0.3, 0.4) is 0 Å². The van der Waals surface area contributed by atoms with Crippen LogP contribution in [0.1, 0.15) is 10.4 Å². The van der Waals surface area contributed by atoms with Gasteiger partial charge in [-0.25, -0.2) is 9.37 Å². The number of halogens is 1. The Morgan fingerprint density at radius 1 is 1.38 bits per heavy atom. The first-order valence-corrected chi connectivity index (χ1v) is 4.53. The molecule has 3 aromatic rings. The van der Waals surface area contributed by atoms with Crippen LogP contribution in [0.25, 0.3) is 16.7 Å². The second-order valence-electron chi connectivity index (χ2n) is 3.31. The van der Waals surface area contributed by atoms with E-state index in [4.69, 9.17) is 0 Å². The number of benzene rings is 1. The van der Waals surface area contributed by atoms with Crippen LogP contribution in [-0.4, -0.2) is 25.9 Å². The monoisotopic (exact) mass is 216 g/mol. The van der Waals surface area contributed by atoms with Gasteiger partial charge in [0, 0.05) is 11.6 Å². The van der Waals surface area contributed by atoms with E-state index >= 15 is 0 Å². The molecule has 0 saturated heterocycles. The molecule has 0 unspecified atom stereocenters. The van der Waals surface area contributed by atoms with Crippen molar-refractivity contribution in [3.05, 3.63) is 36.0 Å². The smallest absolute Gasteiger partial charge is 0.255 e. The SMILES string of the molecule is O=Cc1cc2c(cnc3nncn32)cc1F. The predicted octanol–water partition coefficient (Wildman–Crippen LogP) is 1.23. The zero-order chi connectivity index (χ0) is 11.1. The maximum absolute atomic E-state index is 13.3. The molecule has 3 rings (SSSR count). The second kappa shape index (κ2) is 3.06. The molecule has 0 N–H and O–H groups in total. The Hall–Kier alpha value is -2.37. The quantitative estimate of drug-likeness (QED) is 0.574. The first-order valence-electron chi connectivity index (χ1n) is 4.53. The Bertz CT molecular complexity index is 706. The summed E-state index contributed by atoms with van der Waals surface area (Å²) in [6, 6.07) is 2.72. The lowest BCUT2D eigenvalue weighted by atomic mass is 10.1. The lowest BCUT2D eigenvalue weighted by Crippen LogP contribution is -1.94. The summed E-state index contributed by atoms with van der Waals surface area (Å²) in [5.41, 5.74) is 0.659. The molecule has 0 bridgehead atoms. The van der Waals surface area contributed by atoms with Gasteiger partial charge in [0.25, 0.3) is 5.78 Å². The van der Waals surface area contributed by atoms with Crippen LogP contribution in [0.15, 0.2) is 24.7 Å². The molecular formula is C10H5FN4O. The predicted molar refractivity (Wildman–Crippen MR) is 53.6 cm³/mol. The van der Waals surface area contributed by atoms with Gasteiger partial charge in [-0.15, -0.1) is 10.2 Å². The van der Waals surface area contributed by atoms with Crippen LogP contribution in [0.2, 0.25) is 0 Å². The molecule has 1 aromatic carbocycles. The van der Waals surface area contributed by atoms with Gasteiger partial charge >= 0.3 is 0 Å². The number of carbonyl (C=O) groups is 1. The van der Waals surface area contributed by atoms with Crippen molar-refractivity contribution in [3.63, 3.8) is 0 Å². The third-order valence-corrected chi connectivity index (χ3v) is 2.38. The highest BCUT2D eigenvalue weighted by atomic mass is 19.1. The van der Waals surface area contributed by atoms with Crippen molar-refractivity contribution in [1.82, 2.24) is 19.6 Å². The Balaban J connectivity index is 2.53.